The lowest BCUT2D eigenvalue weighted by Gasteiger charge is -2.10. The van der Waals surface area contributed by atoms with Crippen molar-refractivity contribution in [2.45, 2.75) is 44.3 Å². The van der Waals surface area contributed by atoms with Crippen LogP contribution in [0.1, 0.15) is 42.3 Å². The highest BCUT2D eigenvalue weighted by Crippen LogP contribution is 2.26. The Kier molecular flexibility index (Phi) is 8.93. The zero-order chi connectivity index (χ0) is 22.1. The Labute approximate surface area is 194 Å². The Morgan fingerprint density at radius 3 is 2.61 bits per heavy atom. The zero-order valence-electron chi connectivity index (χ0n) is 17.1. The number of carbonyl (C=O) groups excluding carboxylic acids is 2. The summed E-state index contributed by atoms with van der Waals surface area (Å²) in [4.78, 5) is 24.7. The van der Waals surface area contributed by atoms with E-state index in [-0.39, 0.29) is 17.6 Å². The molecule has 164 valence electrons. The number of hydrogen-bond donors (Lipinski definition) is 2. The van der Waals surface area contributed by atoms with Gasteiger partial charge in [-0.1, -0.05) is 55.6 Å². The first-order chi connectivity index (χ1) is 15.1. The van der Waals surface area contributed by atoms with Crippen molar-refractivity contribution >= 4 is 46.5 Å². The van der Waals surface area contributed by atoms with Gasteiger partial charge in [-0.2, -0.15) is 0 Å². The Hall–Kier alpha value is -2.36. The van der Waals surface area contributed by atoms with Gasteiger partial charge in [0, 0.05) is 17.1 Å². The molecule has 31 heavy (non-hydrogen) atoms. The molecule has 0 fully saturated rings. The number of rotatable bonds is 10. The average molecular weight is 478 g/mol. The molecule has 0 aliphatic heterocycles. The van der Waals surface area contributed by atoms with E-state index in [2.05, 4.69) is 28.0 Å². The number of halogens is 1. The number of carbonyl (C=O) groups is 2. The Bertz CT molecular complexity index is 990. The van der Waals surface area contributed by atoms with Crippen LogP contribution in [-0.2, 0) is 11.3 Å². The van der Waals surface area contributed by atoms with Gasteiger partial charge in [-0.3, -0.25) is 20.4 Å². The third-order valence-electron chi connectivity index (χ3n) is 4.45. The molecule has 2 amide bonds. The molecule has 1 aromatic carbocycles. The summed E-state index contributed by atoms with van der Waals surface area (Å²) < 4.78 is 2.04. The fourth-order valence-corrected chi connectivity index (χ4v) is 4.38. The highest BCUT2D eigenvalue weighted by molar-refractivity contribution is 7.99. The van der Waals surface area contributed by atoms with Crippen LogP contribution in [-0.4, -0.2) is 32.3 Å². The average Bonchev–Trinajstić information content (AvgIpc) is 3.45. The van der Waals surface area contributed by atoms with E-state index in [1.807, 2.05) is 28.8 Å². The molecule has 2 heterocycles. The van der Waals surface area contributed by atoms with Gasteiger partial charge in [-0.25, -0.2) is 0 Å². The number of hydrogen-bond acceptors (Lipinski definition) is 6. The molecule has 2 aromatic heterocycles. The van der Waals surface area contributed by atoms with Gasteiger partial charge in [0.1, 0.15) is 0 Å². The summed E-state index contributed by atoms with van der Waals surface area (Å²) in [6.07, 6.45) is 4.45. The van der Waals surface area contributed by atoms with Crippen LogP contribution in [0.15, 0.2) is 46.9 Å². The van der Waals surface area contributed by atoms with Gasteiger partial charge in [0.25, 0.3) is 5.91 Å². The van der Waals surface area contributed by atoms with Crippen molar-refractivity contribution in [3.63, 3.8) is 0 Å². The predicted molar refractivity (Wildman–Crippen MR) is 125 cm³/mol. The number of aromatic nitrogens is 3. The van der Waals surface area contributed by atoms with Crippen molar-refractivity contribution in [2.75, 3.05) is 5.75 Å². The molecule has 2 N–H and O–H groups in total. The van der Waals surface area contributed by atoms with E-state index in [1.54, 1.807) is 17.5 Å². The van der Waals surface area contributed by atoms with Gasteiger partial charge in [0.15, 0.2) is 11.0 Å². The van der Waals surface area contributed by atoms with E-state index < -0.39 is 0 Å². The number of nitrogens with one attached hydrogen (secondary N) is 2. The zero-order valence-corrected chi connectivity index (χ0v) is 19.5. The van der Waals surface area contributed by atoms with Crippen LogP contribution in [0.5, 0.6) is 0 Å². The summed E-state index contributed by atoms with van der Waals surface area (Å²) in [6.45, 7) is 2.94. The van der Waals surface area contributed by atoms with Crippen molar-refractivity contribution < 1.29 is 9.59 Å². The quantitative estimate of drug-likeness (QED) is 0.249. The summed E-state index contributed by atoms with van der Waals surface area (Å²) in [5.41, 5.74) is 5.79. The standard InChI is InChI=1S/C21H24ClN5O2S2/c1-2-3-4-5-12-27-19(15-8-10-16(22)11-9-15)24-26-21(27)31-14-18(28)23-25-20(29)17-7-6-13-30-17/h6-11,13H,2-5,12,14H2,1H3,(H,23,28)(H,25,29). The smallest absolute Gasteiger partial charge is 0.279 e. The highest BCUT2D eigenvalue weighted by Gasteiger charge is 2.16. The summed E-state index contributed by atoms with van der Waals surface area (Å²) in [7, 11) is 0. The first-order valence-electron chi connectivity index (χ1n) is 10.0. The fourth-order valence-electron chi connectivity index (χ4n) is 2.87. The molecule has 3 rings (SSSR count). The van der Waals surface area contributed by atoms with Crippen LogP contribution in [0.2, 0.25) is 5.02 Å². The number of nitrogens with zero attached hydrogens (tertiary/aromatic N) is 3. The molecule has 0 saturated heterocycles. The first kappa shape index (κ1) is 23.3. The fraction of sp³-hybridized carbons (Fsp3) is 0.333. The molecule has 3 aromatic rings. The Balaban J connectivity index is 1.62. The number of benzene rings is 1. The largest absolute Gasteiger partial charge is 0.302 e. The molecule has 0 spiro atoms. The normalized spacial score (nSPS) is 10.8. The lowest BCUT2D eigenvalue weighted by molar-refractivity contribution is -0.119. The molecule has 0 bridgehead atoms. The topological polar surface area (TPSA) is 88.9 Å². The summed E-state index contributed by atoms with van der Waals surface area (Å²) in [5, 5.41) is 11.8. The van der Waals surface area contributed by atoms with Crippen molar-refractivity contribution in [1.82, 2.24) is 25.6 Å². The van der Waals surface area contributed by atoms with Gasteiger partial charge >= 0.3 is 0 Å². The molecular formula is C21H24ClN5O2S2. The number of thioether (sulfide) groups is 1. The maximum atomic E-state index is 12.2. The van der Waals surface area contributed by atoms with Crippen molar-refractivity contribution in [3.05, 3.63) is 51.7 Å². The third-order valence-corrected chi connectivity index (χ3v) is 6.53. The minimum atomic E-state index is -0.336. The van der Waals surface area contributed by atoms with E-state index in [4.69, 9.17) is 11.6 Å². The van der Waals surface area contributed by atoms with E-state index in [9.17, 15) is 9.59 Å². The molecule has 7 nitrogen and oxygen atoms in total. The molecule has 0 aliphatic carbocycles. The van der Waals surface area contributed by atoms with E-state index in [1.165, 1.54) is 29.5 Å². The second-order valence-electron chi connectivity index (χ2n) is 6.79. The third kappa shape index (κ3) is 6.81. The molecule has 0 radical (unpaired) electrons. The molecule has 0 atom stereocenters. The predicted octanol–water partition coefficient (Wildman–Crippen LogP) is 4.79. The number of thiophene rings is 1. The molecular weight excluding hydrogens is 454 g/mol. The highest BCUT2D eigenvalue weighted by atomic mass is 35.5. The minimum absolute atomic E-state index is 0.110. The van der Waals surface area contributed by atoms with Crippen LogP contribution >= 0.6 is 34.7 Å². The van der Waals surface area contributed by atoms with E-state index >= 15 is 0 Å². The molecule has 0 unspecified atom stereocenters. The van der Waals surface area contributed by atoms with Crippen LogP contribution in [0.4, 0.5) is 0 Å². The minimum Gasteiger partial charge on any atom is -0.302 e. The van der Waals surface area contributed by atoms with E-state index in [0.29, 0.717) is 15.1 Å². The molecule has 0 aliphatic rings. The van der Waals surface area contributed by atoms with Gasteiger partial charge in [-0.15, -0.1) is 21.5 Å². The lowest BCUT2D eigenvalue weighted by atomic mass is 10.2. The monoisotopic (exact) mass is 477 g/mol. The second kappa shape index (κ2) is 11.9. The van der Waals surface area contributed by atoms with Crippen LogP contribution < -0.4 is 10.9 Å². The van der Waals surface area contributed by atoms with Crippen LogP contribution in [0, 0.1) is 0 Å². The number of hydrazine groups is 1. The SMILES string of the molecule is CCCCCCn1c(SCC(=O)NNC(=O)c2cccs2)nnc1-c1ccc(Cl)cc1. The maximum Gasteiger partial charge on any atom is 0.279 e. The summed E-state index contributed by atoms with van der Waals surface area (Å²) >= 11 is 8.61. The summed E-state index contributed by atoms with van der Waals surface area (Å²) in [5.74, 6) is 0.210. The van der Waals surface area contributed by atoms with Crippen LogP contribution in [0.25, 0.3) is 11.4 Å². The number of amides is 2. The van der Waals surface area contributed by atoms with Gasteiger partial charge < -0.3 is 4.57 Å². The van der Waals surface area contributed by atoms with E-state index in [0.717, 1.165) is 37.2 Å². The summed E-state index contributed by atoms with van der Waals surface area (Å²) in [6, 6.07) is 10.9. The van der Waals surface area contributed by atoms with Gasteiger partial charge in [0.2, 0.25) is 5.91 Å². The van der Waals surface area contributed by atoms with Crippen molar-refractivity contribution in [1.29, 1.82) is 0 Å². The first-order valence-corrected chi connectivity index (χ1v) is 12.3. The maximum absolute atomic E-state index is 12.2. The van der Waals surface area contributed by atoms with Crippen molar-refractivity contribution in [2.24, 2.45) is 0 Å². The Morgan fingerprint density at radius 1 is 1.10 bits per heavy atom. The lowest BCUT2D eigenvalue weighted by Crippen LogP contribution is -2.42. The molecule has 10 heteroatoms. The second-order valence-corrected chi connectivity index (χ2v) is 9.12. The Morgan fingerprint density at radius 2 is 1.90 bits per heavy atom. The van der Waals surface area contributed by atoms with Crippen molar-refractivity contribution in [3.8, 4) is 11.4 Å². The van der Waals surface area contributed by atoms with Crippen LogP contribution in [0.3, 0.4) is 0 Å². The molecule has 0 saturated carbocycles. The van der Waals surface area contributed by atoms with Gasteiger partial charge in [0.05, 0.1) is 10.6 Å². The number of unbranched alkanes of at least 4 members (excludes halogenated alkanes) is 3. The van der Waals surface area contributed by atoms with Gasteiger partial charge in [-0.05, 0) is 42.1 Å².